The molecule has 5 nitrogen and oxygen atoms in total. The highest BCUT2D eigenvalue weighted by Gasteiger charge is 2.07. The number of halogens is 1. The van der Waals surface area contributed by atoms with Gasteiger partial charge in [-0.2, -0.15) is 0 Å². The second-order valence-corrected chi connectivity index (χ2v) is 4.98. The van der Waals surface area contributed by atoms with Gasteiger partial charge in [-0.25, -0.2) is 4.98 Å². The largest absolute Gasteiger partial charge is 0.362 e. The lowest BCUT2D eigenvalue weighted by molar-refractivity contribution is -0.384. The number of non-ortho nitro benzene ring substituents is 1. The van der Waals surface area contributed by atoms with Crippen molar-refractivity contribution >= 4 is 39.1 Å². The smallest absolute Gasteiger partial charge is 0.269 e. The van der Waals surface area contributed by atoms with Crippen LogP contribution in [0.1, 0.15) is 19.8 Å². The molecule has 7 heteroatoms. The van der Waals surface area contributed by atoms with Crippen LogP contribution in [0.5, 0.6) is 0 Å². The Labute approximate surface area is 132 Å². The topological polar surface area (TPSA) is 68.1 Å². The summed E-state index contributed by atoms with van der Waals surface area (Å²) >= 11 is 1.55. The van der Waals surface area contributed by atoms with Crippen LogP contribution in [0.4, 0.5) is 10.8 Å². The highest BCUT2D eigenvalue weighted by molar-refractivity contribution is 8.93. The van der Waals surface area contributed by atoms with Gasteiger partial charge in [-0.1, -0.05) is 13.3 Å². The van der Waals surface area contributed by atoms with Crippen molar-refractivity contribution in [2.24, 2.45) is 0 Å². The molecule has 0 radical (unpaired) electrons. The van der Waals surface area contributed by atoms with Gasteiger partial charge in [-0.15, -0.1) is 28.3 Å². The van der Waals surface area contributed by atoms with E-state index < -0.39 is 4.92 Å². The number of nitrogens with one attached hydrogen (secondary N) is 1. The number of thiazole rings is 1. The summed E-state index contributed by atoms with van der Waals surface area (Å²) in [7, 11) is 0. The Kier molecular flexibility index (Phi) is 6.60. The standard InChI is InChI=1S/C13H15N3O2S.BrH/c1-2-3-8-14-13-15-12(9-19-13)10-4-6-11(7-5-10)16(17)18;/h4-7,9H,2-3,8H2,1H3,(H,14,15);1H. The van der Waals surface area contributed by atoms with Crippen molar-refractivity contribution in [1.82, 2.24) is 4.98 Å². The SMILES string of the molecule is Br.CCCCNc1nc(-c2ccc([N+](=O)[O-])cc2)cs1. The predicted molar refractivity (Wildman–Crippen MR) is 87.9 cm³/mol. The van der Waals surface area contributed by atoms with Gasteiger partial charge in [0.1, 0.15) is 0 Å². The number of benzene rings is 1. The maximum atomic E-state index is 10.6. The minimum atomic E-state index is -0.400. The third kappa shape index (κ3) is 4.28. The normalized spacial score (nSPS) is 9.85. The van der Waals surface area contributed by atoms with Crippen molar-refractivity contribution in [3.8, 4) is 11.3 Å². The molecular formula is C13H16BrN3O2S. The molecule has 20 heavy (non-hydrogen) atoms. The summed E-state index contributed by atoms with van der Waals surface area (Å²) in [6, 6.07) is 6.45. The number of nitro benzene ring substituents is 1. The van der Waals surface area contributed by atoms with Gasteiger partial charge in [-0.05, 0) is 18.6 Å². The van der Waals surface area contributed by atoms with Crippen LogP contribution in [0.3, 0.4) is 0 Å². The molecule has 2 aromatic rings. The van der Waals surface area contributed by atoms with Gasteiger partial charge >= 0.3 is 0 Å². The van der Waals surface area contributed by atoms with Crippen LogP contribution >= 0.6 is 28.3 Å². The van der Waals surface area contributed by atoms with E-state index in [2.05, 4.69) is 17.2 Å². The van der Waals surface area contributed by atoms with E-state index in [9.17, 15) is 10.1 Å². The van der Waals surface area contributed by atoms with E-state index in [-0.39, 0.29) is 22.7 Å². The first-order chi connectivity index (χ1) is 9.20. The Bertz CT molecular complexity index is 557. The number of hydrogen-bond donors (Lipinski definition) is 1. The molecule has 2 rings (SSSR count). The molecule has 0 spiro atoms. The quantitative estimate of drug-likeness (QED) is 0.469. The number of rotatable bonds is 6. The van der Waals surface area contributed by atoms with Crippen LogP contribution in [0.2, 0.25) is 0 Å². The van der Waals surface area contributed by atoms with E-state index in [4.69, 9.17) is 0 Å². The van der Waals surface area contributed by atoms with Gasteiger partial charge in [0.05, 0.1) is 10.6 Å². The minimum Gasteiger partial charge on any atom is -0.362 e. The molecule has 0 aliphatic heterocycles. The van der Waals surface area contributed by atoms with E-state index in [1.54, 1.807) is 23.5 Å². The highest BCUT2D eigenvalue weighted by Crippen LogP contribution is 2.26. The minimum absolute atomic E-state index is 0. The van der Waals surface area contributed by atoms with E-state index in [0.29, 0.717) is 0 Å². The molecule has 0 saturated carbocycles. The summed E-state index contributed by atoms with van der Waals surface area (Å²) in [4.78, 5) is 14.6. The molecule has 0 bridgehead atoms. The lowest BCUT2D eigenvalue weighted by atomic mass is 10.1. The molecule has 1 heterocycles. The van der Waals surface area contributed by atoms with Crippen LogP contribution < -0.4 is 5.32 Å². The molecule has 1 N–H and O–H groups in total. The van der Waals surface area contributed by atoms with Gasteiger partial charge in [0.25, 0.3) is 5.69 Å². The van der Waals surface area contributed by atoms with Gasteiger partial charge < -0.3 is 5.32 Å². The molecule has 108 valence electrons. The Morgan fingerprint density at radius 2 is 2.05 bits per heavy atom. The first-order valence-electron chi connectivity index (χ1n) is 6.15. The fourth-order valence-corrected chi connectivity index (χ4v) is 2.36. The van der Waals surface area contributed by atoms with E-state index in [0.717, 1.165) is 35.8 Å². The van der Waals surface area contributed by atoms with Crippen molar-refractivity contribution in [2.45, 2.75) is 19.8 Å². The average Bonchev–Trinajstić information content (AvgIpc) is 2.88. The molecule has 1 aromatic heterocycles. The van der Waals surface area contributed by atoms with Crippen LogP contribution in [0, 0.1) is 10.1 Å². The molecule has 0 atom stereocenters. The fraction of sp³-hybridized carbons (Fsp3) is 0.308. The maximum absolute atomic E-state index is 10.6. The Hall–Kier alpha value is -1.47. The average molecular weight is 358 g/mol. The number of nitro groups is 1. The Morgan fingerprint density at radius 1 is 1.35 bits per heavy atom. The van der Waals surface area contributed by atoms with Crippen molar-refractivity contribution in [3.63, 3.8) is 0 Å². The second-order valence-electron chi connectivity index (χ2n) is 4.12. The van der Waals surface area contributed by atoms with E-state index in [1.165, 1.54) is 12.1 Å². The van der Waals surface area contributed by atoms with Gasteiger partial charge in [0, 0.05) is 29.6 Å². The van der Waals surface area contributed by atoms with E-state index >= 15 is 0 Å². The summed E-state index contributed by atoms with van der Waals surface area (Å²) in [5.74, 6) is 0. The lowest BCUT2D eigenvalue weighted by Crippen LogP contribution is -1.99. The van der Waals surface area contributed by atoms with Crippen LogP contribution in [0.15, 0.2) is 29.6 Å². The van der Waals surface area contributed by atoms with Crippen molar-refractivity contribution in [1.29, 1.82) is 0 Å². The summed E-state index contributed by atoms with van der Waals surface area (Å²) in [5, 5.41) is 16.7. The zero-order chi connectivity index (χ0) is 13.7. The van der Waals surface area contributed by atoms with Crippen molar-refractivity contribution in [3.05, 3.63) is 39.8 Å². The summed E-state index contributed by atoms with van der Waals surface area (Å²) in [6.45, 7) is 3.07. The zero-order valence-corrected chi connectivity index (χ0v) is 13.6. The molecule has 0 unspecified atom stereocenters. The molecular weight excluding hydrogens is 342 g/mol. The molecule has 0 saturated heterocycles. The van der Waals surface area contributed by atoms with Crippen molar-refractivity contribution < 1.29 is 4.92 Å². The summed E-state index contributed by atoms with van der Waals surface area (Å²) in [6.07, 6.45) is 2.26. The van der Waals surface area contributed by atoms with Crippen LogP contribution in [-0.4, -0.2) is 16.5 Å². The Morgan fingerprint density at radius 3 is 2.65 bits per heavy atom. The predicted octanol–water partition coefficient (Wildman–Crippen LogP) is 4.51. The summed E-state index contributed by atoms with van der Waals surface area (Å²) in [5.41, 5.74) is 1.84. The first-order valence-corrected chi connectivity index (χ1v) is 7.03. The highest BCUT2D eigenvalue weighted by atomic mass is 79.9. The molecule has 0 fully saturated rings. The number of anilines is 1. The fourth-order valence-electron chi connectivity index (χ4n) is 1.61. The number of aromatic nitrogens is 1. The van der Waals surface area contributed by atoms with E-state index in [1.807, 2.05) is 5.38 Å². The van der Waals surface area contributed by atoms with Crippen LogP contribution in [-0.2, 0) is 0 Å². The lowest BCUT2D eigenvalue weighted by Gasteiger charge is -1.99. The molecule has 0 aliphatic carbocycles. The third-order valence-electron chi connectivity index (χ3n) is 2.68. The third-order valence-corrected chi connectivity index (χ3v) is 3.48. The monoisotopic (exact) mass is 357 g/mol. The molecule has 0 aliphatic rings. The second kappa shape index (κ2) is 7.96. The number of unbranched alkanes of at least 4 members (excludes halogenated alkanes) is 1. The van der Waals surface area contributed by atoms with Crippen molar-refractivity contribution in [2.75, 3.05) is 11.9 Å². The Balaban J connectivity index is 0.00000200. The van der Waals surface area contributed by atoms with Gasteiger partial charge in [-0.3, -0.25) is 10.1 Å². The zero-order valence-electron chi connectivity index (χ0n) is 11.0. The summed E-state index contributed by atoms with van der Waals surface area (Å²) < 4.78 is 0. The van der Waals surface area contributed by atoms with Crippen LogP contribution in [0.25, 0.3) is 11.3 Å². The number of hydrogen-bond acceptors (Lipinski definition) is 5. The molecule has 0 amide bonds. The maximum Gasteiger partial charge on any atom is 0.269 e. The van der Waals surface area contributed by atoms with Gasteiger partial charge in [0.15, 0.2) is 5.13 Å². The number of nitrogens with zero attached hydrogens (tertiary/aromatic N) is 2. The van der Waals surface area contributed by atoms with Gasteiger partial charge in [0.2, 0.25) is 0 Å². The molecule has 1 aromatic carbocycles. The first kappa shape index (κ1) is 16.6.